The van der Waals surface area contributed by atoms with Crippen molar-refractivity contribution in [1.29, 1.82) is 0 Å². The largest absolute Gasteiger partial charge is 0.481 e. The third-order valence-electron chi connectivity index (χ3n) is 3.52. The zero-order valence-electron chi connectivity index (χ0n) is 11.9. The lowest BCUT2D eigenvalue weighted by Crippen LogP contribution is -2.39. The minimum Gasteiger partial charge on any atom is -0.481 e. The van der Waals surface area contributed by atoms with Crippen LogP contribution in [0.25, 0.3) is 0 Å². The van der Waals surface area contributed by atoms with E-state index < -0.39 is 5.97 Å². The van der Waals surface area contributed by atoms with E-state index in [2.05, 4.69) is 10.6 Å². The second-order valence-corrected chi connectivity index (χ2v) is 5.71. The van der Waals surface area contributed by atoms with Crippen LogP contribution in [0, 0.1) is 11.8 Å². The van der Waals surface area contributed by atoms with Crippen molar-refractivity contribution in [2.24, 2.45) is 11.8 Å². The molecule has 5 nitrogen and oxygen atoms in total. The Hall–Kier alpha value is -1.10. The lowest BCUT2D eigenvalue weighted by Gasteiger charge is -2.15. The number of hydrogen-bond donors (Lipinski definition) is 3. The molecule has 1 saturated carbocycles. The maximum atomic E-state index is 11.6. The standard InChI is InChI=1S/C14H26N2O3/c1-10(14(18)19)4-3-5-11(2)16-13(17)9-15-8-12-6-7-12/h10-12,15H,3-9H2,1-2H3,(H,16,17)(H,18,19). The van der Waals surface area contributed by atoms with Gasteiger partial charge in [-0.2, -0.15) is 0 Å². The molecule has 2 atom stereocenters. The molecule has 0 bridgehead atoms. The third-order valence-corrected chi connectivity index (χ3v) is 3.52. The zero-order chi connectivity index (χ0) is 14.3. The van der Waals surface area contributed by atoms with Crippen LogP contribution in [-0.2, 0) is 9.59 Å². The van der Waals surface area contributed by atoms with E-state index in [1.54, 1.807) is 6.92 Å². The van der Waals surface area contributed by atoms with E-state index in [1.165, 1.54) is 12.8 Å². The number of carbonyl (C=O) groups is 2. The lowest BCUT2D eigenvalue weighted by atomic mass is 10.0. The van der Waals surface area contributed by atoms with Crippen molar-refractivity contribution >= 4 is 11.9 Å². The number of carbonyl (C=O) groups excluding carboxylic acids is 1. The Bertz CT molecular complexity index is 303. The van der Waals surface area contributed by atoms with Crippen LogP contribution in [0.15, 0.2) is 0 Å². The van der Waals surface area contributed by atoms with Crippen LogP contribution in [0.3, 0.4) is 0 Å². The van der Waals surface area contributed by atoms with Gasteiger partial charge in [-0.15, -0.1) is 0 Å². The lowest BCUT2D eigenvalue weighted by molar-refractivity contribution is -0.141. The number of hydrogen-bond acceptors (Lipinski definition) is 3. The molecule has 1 fully saturated rings. The summed E-state index contributed by atoms with van der Waals surface area (Å²) in [5.74, 6) is -0.244. The van der Waals surface area contributed by atoms with E-state index in [0.717, 1.165) is 25.3 Å². The Balaban J connectivity index is 2.00. The molecule has 3 N–H and O–H groups in total. The second kappa shape index (κ2) is 8.15. The van der Waals surface area contributed by atoms with E-state index in [0.29, 0.717) is 13.0 Å². The van der Waals surface area contributed by atoms with Gasteiger partial charge in [0.2, 0.25) is 5.91 Å². The van der Waals surface area contributed by atoms with Gasteiger partial charge in [0.25, 0.3) is 0 Å². The molecule has 1 rings (SSSR count). The van der Waals surface area contributed by atoms with Crippen LogP contribution in [0.4, 0.5) is 0 Å². The quantitative estimate of drug-likeness (QED) is 0.560. The predicted octanol–water partition coefficient (Wildman–Crippen LogP) is 1.38. The van der Waals surface area contributed by atoms with Gasteiger partial charge >= 0.3 is 5.97 Å². The van der Waals surface area contributed by atoms with Gasteiger partial charge in [0.05, 0.1) is 12.5 Å². The molecular formula is C14H26N2O3. The summed E-state index contributed by atoms with van der Waals surface area (Å²) in [6.45, 7) is 5.00. The SMILES string of the molecule is CC(CCCC(C)C(=O)O)NC(=O)CNCC1CC1. The maximum absolute atomic E-state index is 11.6. The number of nitrogens with one attached hydrogen (secondary N) is 2. The highest BCUT2D eigenvalue weighted by atomic mass is 16.4. The zero-order valence-corrected chi connectivity index (χ0v) is 11.9. The fourth-order valence-electron chi connectivity index (χ4n) is 1.96. The van der Waals surface area contributed by atoms with Crippen molar-refractivity contribution < 1.29 is 14.7 Å². The molecule has 1 aliphatic carbocycles. The Morgan fingerprint density at radius 3 is 2.53 bits per heavy atom. The van der Waals surface area contributed by atoms with E-state index in [-0.39, 0.29) is 17.9 Å². The first-order valence-corrected chi connectivity index (χ1v) is 7.22. The van der Waals surface area contributed by atoms with Gasteiger partial charge in [-0.3, -0.25) is 9.59 Å². The minimum atomic E-state index is -0.749. The summed E-state index contributed by atoms with van der Waals surface area (Å²) in [6, 6.07) is 0.108. The molecule has 0 saturated heterocycles. The molecule has 1 amide bonds. The molecule has 0 aromatic carbocycles. The first-order chi connectivity index (χ1) is 8.99. The fraction of sp³-hybridized carbons (Fsp3) is 0.857. The summed E-state index contributed by atoms with van der Waals surface area (Å²) in [5.41, 5.74) is 0. The molecule has 0 aromatic heterocycles. The molecule has 19 heavy (non-hydrogen) atoms. The van der Waals surface area contributed by atoms with Crippen molar-refractivity contribution in [1.82, 2.24) is 10.6 Å². The molecular weight excluding hydrogens is 244 g/mol. The van der Waals surface area contributed by atoms with Gasteiger partial charge in [0.1, 0.15) is 0 Å². The highest BCUT2D eigenvalue weighted by Crippen LogP contribution is 2.27. The Kier molecular flexibility index (Phi) is 6.84. The molecule has 0 aromatic rings. The molecule has 0 spiro atoms. The minimum absolute atomic E-state index is 0.0273. The Morgan fingerprint density at radius 1 is 1.26 bits per heavy atom. The Morgan fingerprint density at radius 2 is 1.95 bits per heavy atom. The van der Waals surface area contributed by atoms with Gasteiger partial charge in [0.15, 0.2) is 0 Å². The third kappa shape index (κ3) is 7.82. The summed E-state index contributed by atoms with van der Waals surface area (Å²) in [5, 5.41) is 14.8. The number of carboxylic acids is 1. The molecule has 1 aliphatic rings. The van der Waals surface area contributed by atoms with E-state index in [1.807, 2.05) is 6.92 Å². The van der Waals surface area contributed by atoms with Crippen LogP contribution in [0.2, 0.25) is 0 Å². The number of aliphatic carboxylic acids is 1. The molecule has 110 valence electrons. The van der Waals surface area contributed by atoms with Crippen LogP contribution >= 0.6 is 0 Å². The van der Waals surface area contributed by atoms with E-state index in [9.17, 15) is 9.59 Å². The molecule has 0 heterocycles. The normalized spacial score (nSPS) is 17.8. The van der Waals surface area contributed by atoms with E-state index >= 15 is 0 Å². The van der Waals surface area contributed by atoms with Crippen molar-refractivity contribution in [2.75, 3.05) is 13.1 Å². The van der Waals surface area contributed by atoms with E-state index in [4.69, 9.17) is 5.11 Å². The maximum Gasteiger partial charge on any atom is 0.306 e. The number of rotatable bonds is 10. The fourth-order valence-corrected chi connectivity index (χ4v) is 1.96. The van der Waals surface area contributed by atoms with Gasteiger partial charge < -0.3 is 15.7 Å². The van der Waals surface area contributed by atoms with Crippen LogP contribution in [-0.4, -0.2) is 36.1 Å². The van der Waals surface area contributed by atoms with Crippen molar-refractivity contribution in [3.63, 3.8) is 0 Å². The average Bonchev–Trinajstić information content (AvgIpc) is 3.12. The van der Waals surface area contributed by atoms with Gasteiger partial charge in [-0.25, -0.2) is 0 Å². The van der Waals surface area contributed by atoms with Gasteiger partial charge in [0, 0.05) is 6.04 Å². The van der Waals surface area contributed by atoms with Gasteiger partial charge in [-0.05, 0) is 45.1 Å². The first kappa shape index (κ1) is 16.0. The summed E-state index contributed by atoms with van der Waals surface area (Å²) in [7, 11) is 0. The van der Waals surface area contributed by atoms with Crippen molar-refractivity contribution in [2.45, 2.75) is 52.0 Å². The van der Waals surface area contributed by atoms with Crippen LogP contribution < -0.4 is 10.6 Å². The van der Waals surface area contributed by atoms with Crippen LogP contribution in [0.1, 0.15) is 46.0 Å². The van der Waals surface area contributed by atoms with Crippen LogP contribution in [0.5, 0.6) is 0 Å². The highest BCUT2D eigenvalue weighted by molar-refractivity contribution is 5.78. The number of carboxylic acid groups (broad SMARTS) is 1. The predicted molar refractivity (Wildman–Crippen MR) is 73.8 cm³/mol. The highest BCUT2D eigenvalue weighted by Gasteiger charge is 2.20. The molecule has 0 radical (unpaired) electrons. The summed E-state index contributed by atoms with van der Waals surface area (Å²) in [6.07, 6.45) is 4.88. The van der Waals surface area contributed by atoms with Crippen molar-refractivity contribution in [3.05, 3.63) is 0 Å². The topological polar surface area (TPSA) is 78.4 Å². The molecule has 2 unspecified atom stereocenters. The monoisotopic (exact) mass is 270 g/mol. The summed E-state index contributed by atoms with van der Waals surface area (Å²) >= 11 is 0. The molecule has 0 aliphatic heterocycles. The summed E-state index contributed by atoms with van der Waals surface area (Å²) < 4.78 is 0. The van der Waals surface area contributed by atoms with Crippen molar-refractivity contribution in [3.8, 4) is 0 Å². The molecule has 5 heteroatoms. The second-order valence-electron chi connectivity index (χ2n) is 5.71. The summed E-state index contributed by atoms with van der Waals surface area (Å²) in [4.78, 5) is 22.2. The Labute approximate surface area is 115 Å². The first-order valence-electron chi connectivity index (χ1n) is 7.22. The van der Waals surface area contributed by atoms with Gasteiger partial charge in [-0.1, -0.05) is 13.3 Å². The smallest absolute Gasteiger partial charge is 0.306 e. The number of amides is 1. The average molecular weight is 270 g/mol.